The van der Waals surface area contributed by atoms with Gasteiger partial charge in [-0.3, -0.25) is 9.59 Å². The first-order valence-corrected chi connectivity index (χ1v) is 9.15. The minimum absolute atomic E-state index is 0.0660. The maximum Gasteiger partial charge on any atom is 0.242 e. The predicted octanol–water partition coefficient (Wildman–Crippen LogP) is 1.89. The number of hydrogen-bond donors (Lipinski definition) is 2. The molecule has 23 heavy (non-hydrogen) atoms. The van der Waals surface area contributed by atoms with Crippen molar-refractivity contribution in [3.8, 4) is 5.75 Å². The normalized spacial score (nSPS) is 18.0. The first-order valence-electron chi connectivity index (χ1n) is 8.00. The predicted molar refractivity (Wildman–Crippen MR) is 92.8 cm³/mol. The van der Waals surface area contributed by atoms with Crippen molar-refractivity contribution in [2.75, 3.05) is 24.7 Å². The molecule has 2 rings (SSSR count). The minimum Gasteiger partial charge on any atom is -0.492 e. The van der Waals surface area contributed by atoms with Crippen LogP contribution in [0.2, 0.25) is 0 Å². The Balaban J connectivity index is 1.61. The Morgan fingerprint density at radius 3 is 3.04 bits per heavy atom. The van der Waals surface area contributed by atoms with Crippen LogP contribution in [0.3, 0.4) is 0 Å². The Hall–Kier alpha value is -1.69. The van der Waals surface area contributed by atoms with E-state index in [9.17, 15) is 9.59 Å². The summed E-state index contributed by atoms with van der Waals surface area (Å²) in [5.74, 6) is 1.81. The van der Waals surface area contributed by atoms with Gasteiger partial charge in [0.25, 0.3) is 0 Å². The van der Waals surface area contributed by atoms with Crippen molar-refractivity contribution >= 4 is 23.6 Å². The number of thioether (sulfide) groups is 1. The van der Waals surface area contributed by atoms with E-state index in [2.05, 4.69) is 10.6 Å². The number of hydrogen-bond acceptors (Lipinski definition) is 4. The molecule has 1 unspecified atom stereocenters. The van der Waals surface area contributed by atoms with E-state index in [-0.39, 0.29) is 17.9 Å². The minimum atomic E-state index is -0.381. The van der Waals surface area contributed by atoms with Gasteiger partial charge in [-0.2, -0.15) is 0 Å². The first-order chi connectivity index (χ1) is 11.2. The molecule has 0 bridgehead atoms. The van der Waals surface area contributed by atoms with E-state index in [0.717, 1.165) is 36.3 Å². The van der Waals surface area contributed by atoms with Gasteiger partial charge < -0.3 is 15.4 Å². The summed E-state index contributed by atoms with van der Waals surface area (Å²) >= 11 is 1.51. The molecule has 1 aromatic rings. The lowest BCUT2D eigenvalue weighted by molar-refractivity contribution is -0.127. The van der Waals surface area contributed by atoms with Gasteiger partial charge in [0.05, 0.1) is 12.4 Å². The van der Waals surface area contributed by atoms with Crippen molar-refractivity contribution in [3.63, 3.8) is 0 Å². The lowest BCUT2D eigenvalue weighted by Crippen LogP contribution is -2.46. The number of rotatable bonds is 7. The van der Waals surface area contributed by atoms with E-state index in [1.807, 2.05) is 31.2 Å². The Labute approximate surface area is 141 Å². The van der Waals surface area contributed by atoms with Crippen molar-refractivity contribution in [3.05, 3.63) is 29.8 Å². The molecule has 2 N–H and O–H groups in total. The van der Waals surface area contributed by atoms with Crippen LogP contribution in [-0.4, -0.2) is 42.5 Å². The zero-order valence-electron chi connectivity index (χ0n) is 13.5. The molecule has 1 atom stereocenters. The largest absolute Gasteiger partial charge is 0.492 e. The highest BCUT2D eigenvalue weighted by atomic mass is 32.2. The summed E-state index contributed by atoms with van der Waals surface area (Å²) < 4.78 is 5.69. The number of amides is 2. The van der Waals surface area contributed by atoms with Crippen LogP contribution < -0.4 is 15.4 Å². The van der Waals surface area contributed by atoms with Gasteiger partial charge in [0.2, 0.25) is 11.8 Å². The number of carbonyl (C=O) groups is 2. The van der Waals surface area contributed by atoms with Crippen molar-refractivity contribution in [2.24, 2.45) is 0 Å². The topological polar surface area (TPSA) is 67.4 Å². The molecule has 1 aliphatic rings. The summed E-state index contributed by atoms with van der Waals surface area (Å²) in [6, 6.07) is 7.49. The smallest absolute Gasteiger partial charge is 0.242 e. The first kappa shape index (κ1) is 17.7. The highest BCUT2D eigenvalue weighted by molar-refractivity contribution is 7.99. The van der Waals surface area contributed by atoms with E-state index in [1.54, 1.807) is 0 Å². The van der Waals surface area contributed by atoms with Crippen LogP contribution in [0.15, 0.2) is 24.3 Å². The number of carbonyl (C=O) groups excluding carboxylic acids is 2. The van der Waals surface area contributed by atoms with E-state index >= 15 is 0 Å². The van der Waals surface area contributed by atoms with Gasteiger partial charge >= 0.3 is 0 Å². The van der Waals surface area contributed by atoms with E-state index in [1.165, 1.54) is 11.8 Å². The second-order valence-corrected chi connectivity index (χ2v) is 6.68. The molecule has 6 heteroatoms. The van der Waals surface area contributed by atoms with Gasteiger partial charge in [0.1, 0.15) is 11.8 Å². The molecule has 0 saturated carbocycles. The molecule has 126 valence electrons. The van der Waals surface area contributed by atoms with Crippen molar-refractivity contribution in [2.45, 2.75) is 32.2 Å². The molecule has 0 aliphatic carbocycles. The second kappa shape index (κ2) is 9.45. The molecule has 5 nitrogen and oxygen atoms in total. The Kier molecular flexibility index (Phi) is 7.26. The summed E-state index contributed by atoms with van der Waals surface area (Å²) in [6.45, 7) is 3.27. The highest BCUT2D eigenvalue weighted by Crippen LogP contribution is 2.16. The van der Waals surface area contributed by atoms with Crippen LogP contribution in [0, 0.1) is 6.92 Å². The van der Waals surface area contributed by atoms with Gasteiger partial charge in [0, 0.05) is 12.3 Å². The summed E-state index contributed by atoms with van der Waals surface area (Å²) in [7, 11) is 0. The van der Waals surface area contributed by atoms with Gasteiger partial charge in [-0.15, -0.1) is 11.8 Å². The second-order valence-electron chi connectivity index (χ2n) is 5.57. The standard InChI is InChI=1S/C17H24N2O3S/c1-13-6-2-3-8-15(13)22-10-11-23-12-16(20)19-14-7-4-5-9-18-17(14)21/h2-3,6,8,14H,4-5,7,9-12H2,1H3,(H,18,21)(H,19,20). The summed E-state index contributed by atoms with van der Waals surface area (Å²) in [4.78, 5) is 23.7. The molecular weight excluding hydrogens is 312 g/mol. The fourth-order valence-electron chi connectivity index (χ4n) is 2.41. The van der Waals surface area contributed by atoms with Crippen molar-refractivity contribution < 1.29 is 14.3 Å². The summed E-state index contributed by atoms with van der Waals surface area (Å²) in [5.41, 5.74) is 1.11. The third kappa shape index (κ3) is 6.14. The SMILES string of the molecule is Cc1ccccc1OCCSCC(=O)NC1CCCCNC1=O. The molecule has 1 saturated heterocycles. The average Bonchev–Trinajstić information content (AvgIpc) is 2.74. The summed E-state index contributed by atoms with van der Waals surface area (Å²) in [6.07, 6.45) is 2.66. The van der Waals surface area contributed by atoms with Crippen LogP contribution in [0.5, 0.6) is 5.75 Å². The van der Waals surface area contributed by atoms with E-state index in [4.69, 9.17) is 4.74 Å². The fourth-order valence-corrected chi connectivity index (χ4v) is 3.02. The molecule has 0 radical (unpaired) electrons. The molecule has 0 spiro atoms. The zero-order valence-corrected chi connectivity index (χ0v) is 14.3. The van der Waals surface area contributed by atoms with Gasteiger partial charge in [-0.25, -0.2) is 0 Å². The van der Waals surface area contributed by atoms with E-state index < -0.39 is 0 Å². The zero-order chi connectivity index (χ0) is 16.5. The molecule has 1 aliphatic heterocycles. The Morgan fingerprint density at radius 2 is 2.22 bits per heavy atom. The van der Waals surface area contributed by atoms with Crippen molar-refractivity contribution in [1.82, 2.24) is 10.6 Å². The number of benzene rings is 1. The van der Waals surface area contributed by atoms with Crippen molar-refractivity contribution in [1.29, 1.82) is 0 Å². The number of aryl methyl sites for hydroxylation is 1. The molecular formula is C17H24N2O3S. The lowest BCUT2D eigenvalue weighted by Gasteiger charge is -2.15. The molecule has 1 heterocycles. The van der Waals surface area contributed by atoms with Gasteiger partial charge in [-0.1, -0.05) is 18.2 Å². The van der Waals surface area contributed by atoms with Crippen LogP contribution in [0.1, 0.15) is 24.8 Å². The monoisotopic (exact) mass is 336 g/mol. The summed E-state index contributed by atoms with van der Waals surface area (Å²) in [5, 5.41) is 5.63. The molecule has 1 fully saturated rings. The van der Waals surface area contributed by atoms with Gasteiger partial charge in [0.15, 0.2) is 0 Å². The molecule has 2 amide bonds. The third-order valence-corrected chi connectivity index (χ3v) is 4.60. The Bertz CT molecular complexity index is 536. The quantitative estimate of drug-likeness (QED) is 0.746. The number of ether oxygens (including phenoxy) is 1. The van der Waals surface area contributed by atoms with Crippen LogP contribution >= 0.6 is 11.8 Å². The Morgan fingerprint density at radius 1 is 1.39 bits per heavy atom. The highest BCUT2D eigenvalue weighted by Gasteiger charge is 2.21. The average molecular weight is 336 g/mol. The lowest BCUT2D eigenvalue weighted by atomic mass is 10.1. The van der Waals surface area contributed by atoms with Crippen LogP contribution in [0.25, 0.3) is 0 Å². The molecule has 0 aromatic heterocycles. The molecule has 1 aromatic carbocycles. The fraction of sp³-hybridized carbons (Fsp3) is 0.529. The maximum absolute atomic E-state index is 11.9. The van der Waals surface area contributed by atoms with Crippen LogP contribution in [0.4, 0.5) is 0 Å². The maximum atomic E-state index is 11.9. The van der Waals surface area contributed by atoms with E-state index in [0.29, 0.717) is 18.9 Å². The van der Waals surface area contributed by atoms with Crippen LogP contribution in [-0.2, 0) is 9.59 Å². The number of nitrogens with one attached hydrogen (secondary N) is 2. The van der Waals surface area contributed by atoms with Gasteiger partial charge in [-0.05, 0) is 37.8 Å². The third-order valence-electron chi connectivity index (χ3n) is 3.68. The number of para-hydroxylation sites is 1.